The van der Waals surface area contributed by atoms with E-state index in [1.807, 2.05) is 42.5 Å². The van der Waals surface area contributed by atoms with E-state index in [2.05, 4.69) is 47.4 Å². The van der Waals surface area contributed by atoms with Gasteiger partial charge in [0.05, 0.1) is 10.2 Å². The standard InChI is InChI=1S/C13H9Br2N5/c14-8-4-6-9(7-5-8)20-13(17-18-19-20)10-2-1-3-11(16)12(10)15/h1-7H,16H2. The van der Waals surface area contributed by atoms with E-state index in [4.69, 9.17) is 5.73 Å². The molecular weight excluding hydrogens is 386 g/mol. The number of halogens is 2. The van der Waals surface area contributed by atoms with Crippen LogP contribution in [0.1, 0.15) is 0 Å². The maximum absolute atomic E-state index is 5.90. The first kappa shape index (κ1) is 13.3. The highest BCUT2D eigenvalue weighted by molar-refractivity contribution is 9.11. The molecule has 1 aromatic heterocycles. The number of nitrogens with two attached hydrogens (primary N) is 1. The van der Waals surface area contributed by atoms with Crippen molar-refractivity contribution < 1.29 is 0 Å². The summed E-state index contributed by atoms with van der Waals surface area (Å²) in [5, 5.41) is 11.9. The minimum atomic E-state index is 0.631. The molecule has 2 N–H and O–H groups in total. The van der Waals surface area contributed by atoms with E-state index >= 15 is 0 Å². The van der Waals surface area contributed by atoms with E-state index in [1.165, 1.54) is 0 Å². The van der Waals surface area contributed by atoms with Crippen LogP contribution in [0.15, 0.2) is 51.4 Å². The number of hydrogen-bond donors (Lipinski definition) is 1. The van der Waals surface area contributed by atoms with Gasteiger partial charge in [-0.1, -0.05) is 22.0 Å². The van der Waals surface area contributed by atoms with Gasteiger partial charge in [0.25, 0.3) is 0 Å². The number of aromatic nitrogens is 4. The predicted octanol–water partition coefficient (Wildman–Crippen LogP) is 3.44. The summed E-state index contributed by atoms with van der Waals surface area (Å²) in [4.78, 5) is 0. The van der Waals surface area contributed by atoms with Crippen LogP contribution < -0.4 is 5.73 Å². The van der Waals surface area contributed by atoms with Crippen molar-refractivity contribution in [2.24, 2.45) is 0 Å². The van der Waals surface area contributed by atoms with Gasteiger partial charge in [0.2, 0.25) is 0 Å². The van der Waals surface area contributed by atoms with Gasteiger partial charge < -0.3 is 5.73 Å². The Morgan fingerprint density at radius 2 is 1.75 bits per heavy atom. The Bertz CT molecular complexity index is 752. The third-order valence-electron chi connectivity index (χ3n) is 2.81. The van der Waals surface area contributed by atoms with Crippen LogP contribution in [-0.4, -0.2) is 20.2 Å². The van der Waals surface area contributed by atoms with Gasteiger partial charge in [0.1, 0.15) is 0 Å². The van der Waals surface area contributed by atoms with Crippen LogP contribution in [-0.2, 0) is 0 Å². The first-order valence-electron chi connectivity index (χ1n) is 5.75. The number of benzene rings is 2. The zero-order valence-electron chi connectivity index (χ0n) is 10.2. The lowest BCUT2D eigenvalue weighted by atomic mass is 10.2. The van der Waals surface area contributed by atoms with Crippen molar-refractivity contribution in [1.29, 1.82) is 0 Å². The number of nitrogens with zero attached hydrogens (tertiary/aromatic N) is 4. The molecule has 0 aliphatic heterocycles. The Hall–Kier alpha value is -1.73. The second kappa shape index (κ2) is 5.34. The molecule has 20 heavy (non-hydrogen) atoms. The molecule has 0 radical (unpaired) electrons. The van der Waals surface area contributed by atoms with Gasteiger partial charge in [-0.3, -0.25) is 0 Å². The Kier molecular flexibility index (Phi) is 3.54. The highest BCUT2D eigenvalue weighted by Gasteiger charge is 2.14. The number of tetrazole rings is 1. The first-order chi connectivity index (χ1) is 9.66. The van der Waals surface area contributed by atoms with Crippen molar-refractivity contribution in [3.63, 3.8) is 0 Å². The normalized spacial score (nSPS) is 10.7. The molecule has 0 spiro atoms. The number of nitrogen functional groups attached to an aromatic ring is 1. The van der Waals surface area contributed by atoms with Crippen molar-refractivity contribution in [2.45, 2.75) is 0 Å². The van der Waals surface area contributed by atoms with E-state index in [-0.39, 0.29) is 0 Å². The maximum Gasteiger partial charge on any atom is 0.188 e. The quantitative estimate of drug-likeness (QED) is 0.676. The summed E-state index contributed by atoms with van der Waals surface area (Å²) in [6.45, 7) is 0. The van der Waals surface area contributed by atoms with Gasteiger partial charge >= 0.3 is 0 Å². The molecule has 0 saturated heterocycles. The Labute approximate surface area is 132 Å². The lowest BCUT2D eigenvalue weighted by Gasteiger charge is -2.07. The second-order valence-corrected chi connectivity index (χ2v) is 5.81. The fraction of sp³-hybridized carbons (Fsp3) is 0. The van der Waals surface area contributed by atoms with Crippen molar-refractivity contribution in [2.75, 3.05) is 5.73 Å². The summed E-state index contributed by atoms with van der Waals surface area (Å²) < 4.78 is 3.46. The van der Waals surface area contributed by atoms with E-state index in [9.17, 15) is 0 Å². The molecule has 0 bridgehead atoms. The van der Waals surface area contributed by atoms with Gasteiger partial charge in [-0.2, -0.15) is 4.68 Å². The molecule has 2 aromatic carbocycles. The van der Waals surface area contributed by atoms with Crippen molar-refractivity contribution in [1.82, 2.24) is 20.2 Å². The second-order valence-electron chi connectivity index (χ2n) is 4.10. The summed E-state index contributed by atoms with van der Waals surface area (Å²) in [7, 11) is 0. The SMILES string of the molecule is Nc1cccc(-c2nnnn2-c2ccc(Br)cc2)c1Br. The predicted molar refractivity (Wildman–Crippen MR) is 84.4 cm³/mol. The summed E-state index contributed by atoms with van der Waals surface area (Å²) in [5.74, 6) is 0.631. The number of hydrogen-bond acceptors (Lipinski definition) is 4. The maximum atomic E-state index is 5.90. The van der Waals surface area contributed by atoms with Crippen molar-refractivity contribution >= 4 is 37.5 Å². The van der Waals surface area contributed by atoms with E-state index in [0.29, 0.717) is 11.5 Å². The Morgan fingerprint density at radius 1 is 1.00 bits per heavy atom. The molecule has 0 amide bonds. The molecule has 0 atom stereocenters. The molecule has 5 nitrogen and oxygen atoms in total. The lowest BCUT2D eigenvalue weighted by Crippen LogP contribution is -2.00. The van der Waals surface area contributed by atoms with Gasteiger partial charge in [-0.15, -0.1) is 5.10 Å². The molecule has 7 heteroatoms. The number of rotatable bonds is 2. The van der Waals surface area contributed by atoms with Crippen LogP contribution in [0.3, 0.4) is 0 Å². The monoisotopic (exact) mass is 393 g/mol. The molecule has 3 rings (SSSR count). The van der Waals surface area contributed by atoms with Crippen LogP contribution in [0.2, 0.25) is 0 Å². The minimum absolute atomic E-state index is 0.631. The van der Waals surface area contributed by atoms with Crippen LogP contribution in [0.5, 0.6) is 0 Å². The molecule has 0 aliphatic carbocycles. The first-order valence-corrected chi connectivity index (χ1v) is 7.34. The lowest BCUT2D eigenvalue weighted by molar-refractivity contribution is 0.791. The van der Waals surface area contributed by atoms with E-state index < -0.39 is 0 Å². The molecule has 100 valence electrons. The highest BCUT2D eigenvalue weighted by atomic mass is 79.9. The summed E-state index contributed by atoms with van der Waals surface area (Å²) in [6, 6.07) is 13.4. The zero-order valence-corrected chi connectivity index (χ0v) is 13.3. The molecule has 0 saturated carbocycles. The zero-order chi connectivity index (χ0) is 14.1. The average Bonchev–Trinajstić information content (AvgIpc) is 2.92. The minimum Gasteiger partial charge on any atom is -0.398 e. The summed E-state index contributed by atoms with van der Waals surface area (Å²) >= 11 is 6.89. The fourth-order valence-corrected chi connectivity index (χ4v) is 2.54. The van der Waals surface area contributed by atoms with E-state index in [0.717, 1.165) is 20.2 Å². The smallest absolute Gasteiger partial charge is 0.188 e. The molecule has 0 unspecified atom stereocenters. The van der Waals surface area contributed by atoms with Gasteiger partial charge in [0, 0.05) is 15.7 Å². The van der Waals surface area contributed by atoms with E-state index in [1.54, 1.807) is 4.68 Å². The van der Waals surface area contributed by atoms with Crippen LogP contribution in [0.25, 0.3) is 17.1 Å². The molecule has 1 heterocycles. The average molecular weight is 395 g/mol. The van der Waals surface area contributed by atoms with Crippen molar-refractivity contribution in [3.8, 4) is 17.1 Å². The van der Waals surface area contributed by atoms with Crippen LogP contribution in [0.4, 0.5) is 5.69 Å². The summed E-state index contributed by atoms with van der Waals surface area (Å²) in [6.07, 6.45) is 0. The van der Waals surface area contributed by atoms with Gasteiger partial charge in [-0.25, -0.2) is 0 Å². The van der Waals surface area contributed by atoms with Gasteiger partial charge in [0.15, 0.2) is 5.82 Å². The molecular formula is C13H9Br2N5. The highest BCUT2D eigenvalue weighted by Crippen LogP contribution is 2.31. The van der Waals surface area contributed by atoms with Crippen molar-refractivity contribution in [3.05, 3.63) is 51.4 Å². The number of anilines is 1. The fourth-order valence-electron chi connectivity index (χ4n) is 1.83. The van der Waals surface area contributed by atoms with Gasteiger partial charge in [-0.05, 0) is 62.8 Å². The molecule has 3 aromatic rings. The molecule has 0 aliphatic rings. The third kappa shape index (κ3) is 2.34. The topological polar surface area (TPSA) is 69.6 Å². The Balaban J connectivity index is 2.15. The van der Waals surface area contributed by atoms with Crippen LogP contribution >= 0.6 is 31.9 Å². The van der Waals surface area contributed by atoms with Crippen LogP contribution in [0, 0.1) is 0 Å². The molecule has 0 fully saturated rings. The Morgan fingerprint density at radius 3 is 2.50 bits per heavy atom. The largest absolute Gasteiger partial charge is 0.398 e. The summed E-state index contributed by atoms with van der Waals surface area (Å²) in [5.41, 5.74) is 8.27. The third-order valence-corrected chi connectivity index (χ3v) is 4.22.